The lowest BCUT2D eigenvalue weighted by molar-refractivity contribution is -0.0118. The Kier molecular flexibility index (Phi) is 5.25. The molecule has 4 heteroatoms. The number of aromatic nitrogens is 1. The van der Waals surface area contributed by atoms with Crippen molar-refractivity contribution in [2.24, 2.45) is 0 Å². The minimum Gasteiger partial charge on any atom is -0.399 e. The van der Waals surface area contributed by atoms with Crippen LogP contribution in [0.25, 0.3) is 22.7 Å². The molecule has 1 atom stereocenters. The zero-order chi connectivity index (χ0) is 21.5. The molecule has 30 heavy (non-hydrogen) atoms. The standard InChI is InChI=1S/C26H30BNO2/c1-7-9-13-23-19(3)22-12-10-11-14-24(22)28(23)21-17-15-20(16-18-21)27-29-25(4,5)26(6,8-2)30-27/h7,9-18H,1,8H2,2-6H3/b13-9-. The van der Waals surface area contributed by atoms with Gasteiger partial charge in [0.05, 0.1) is 16.7 Å². The van der Waals surface area contributed by atoms with Crippen LogP contribution in [-0.4, -0.2) is 22.9 Å². The molecule has 0 spiro atoms. The van der Waals surface area contributed by atoms with Crippen LogP contribution in [-0.2, 0) is 9.31 Å². The van der Waals surface area contributed by atoms with E-state index in [-0.39, 0.29) is 18.3 Å². The average molecular weight is 399 g/mol. The highest BCUT2D eigenvalue weighted by Gasteiger charge is 2.53. The summed E-state index contributed by atoms with van der Waals surface area (Å²) in [5, 5.41) is 1.26. The fraction of sp³-hybridized carbons (Fsp3) is 0.308. The molecule has 0 aliphatic carbocycles. The first kappa shape index (κ1) is 20.7. The van der Waals surface area contributed by atoms with Gasteiger partial charge in [-0.3, -0.25) is 0 Å². The number of rotatable bonds is 5. The molecule has 0 bridgehead atoms. The number of nitrogens with zero attached hydrogens (tertiary/aromatic N) is 1. The summed E-state index contributed by atoms with van der Waals surface area (Å²) < 4.78 is 14.9. The summed E-state index contributed by atoms with van der Waals surface area (Å²) in [7, 11) is -0.345. The number of hydrogen-bond donors (Lipinski definition) is 0. The van der Waals surface area contributed by atoms with E-state index >= 15 is 0 Å². The van der Waals surface area contributed by atoms with Gasteiger partial charge in [0.15, 0.2) is 0 Å². The quantitative estimate of drug-likeness (QED) is 0.398. The maximum absolute atomic E-state index is 6.34. The van der Waals surface area contributed by atoms with Crippen molar-refractivity contribution in [1.82, 2.24) is 4.57 Å². The molecular formula is C26H30BNO2. The maximum Gasteiger partial charge on any atom is 0.494 e. The van der Waals surface area contributed by atoms with Crippen molar-refractivity contribution >= 4 is 29.6 Å². The highest BCUT2D eigenvalue weighted by atomic mass is 16.7. The molecule has 154 valence electrons. The van der Waals surface area contributed by atoms with Gasteiger partial charge < -0.3 is 13.9 Å². The van der Waals surface area contributed by atoms with E-state index in [1.807, 2.05) is 12.2 Å². The van der Waals surface area contributed by atoms with Crippen molar-refractivity contribution in [3.8, 4) is 5.69 Å². The monoisotopic (exact) mass is 399 g/mol. The van der Waals surface area contributed by atoms with Crippen LogP contribution in [0.5, 0.6) is 0 Å². The van der Waals surface area contributed by atoms with Gasteiger partial charge in [0.1, 0.15) is 0 Å². The Morgan fingerprint density at radius 2 is 1.73 bits per heavy atom. The minimum atomic E-state index is -0.345. The van der Waals surface area contributed by atoms with E-state index in [0.717, 1.165) is 23.3 Å². The van der Waals surface area contributed by atoms with Crippen LogP contribution in [0.15, 0.2) is 67.3 Å². The summed E-state index contributed by atoms with van der Waals surface area (Å²) in [4.78, 5) is 0. The molecule has 1 aliphatic heterocycles. The molecule has 2 aromatic carbocycles. The van der Waals surface area contributed by atoms with Gasteiger partial charge in [0, 0.05) is 16.8 Å². The van der Waals surface area contributed by atoms with Crippen molar-refractivity contribution in [2.45, 2.75) is 52.2 Å². The minimum absolute atomic E-state index is 0.299. The van der Waals surface area contributed by atoms with Crippen LogP contribution in [0, 0.1) is 6.92 Å². The molecule has 3 aromatic rings. The van der Waals surface area contributed by atoms with Gasteiger partial charge in [0.2, 0.25) is 0 Å². The first-order chi connectivity index (χ1) is 14.3. The number of para-hydroxylation sites is 1. The lowest BCUT2D eigenvalue weighted by atomic mass is 9.79. The summed E-state index contributed by atoms with van der Waals surface area (Å²) in [6, 6.07) is 17.0. The van der Waals surface area contributed by atoms with E-state index in [2.05, 4.69) is 100 Å². The van der Waals surface area contributed by atoms with Gasteiger partial charge in [-0.2, -0.15) is 0 Å². The fourth-order valence-corrected chi connectivity index (χ4v) is 4.28. The highest BCUT2D eigenvalue weighted by molar-refractivity contribution is 6.62. The molecule has 1 aliphatic rings. The maximum atomic E-state index is 6.34. The first-order valence-corrected chi connectivity index (χ1v) is 10.7. The number of fused-ring (bicyclic) bond motifs is 1. The smallest absolute Gasteiger partial charge is 0.399 e. The van der Waals surface area contributed by atoms with E-state index in [9.17, 15) is 0 Å². The zero-order valence-corrected chi connectivity index (χ0v) is 18.6. The number of aryl methyl sites for hydroxylation is 1. The molecule has 1 unspecified atom stereocenters. The highest BCUT2D eigenvalue weighted by Crippen LogP contribution is 2.39. The summed E-state index contributed by atoms with van der Waals surface area (Å²) >= 11 is 0. The third kappa shape index (κ3) is 3.25. The lowest BCUT2D eigenvalue weighted by Crippen LogP contribution is -2.44. The zero-order valence-electron chi connectivity index (χ0n) is 18.6. The second kappa shape index (κ2) is 7.61. The number of allylic oxidation sites excluding steroid dienone is 2. The van der Waals surface area contributed by atoms with Gasteiger partial charge >= 0.3 is 7.12 Å². The largest absolute Gasteiger partial charge is 0.494 e. The summed E-state index contributed by atoms with van der Waals surface area (Å²) in [5.74, 6) is 0. The van der Waals surface area contributed by atoms with Crippen molar-refractivity contribution in [3.05, 3.63) is 78.5 Å². The molecule has 4 rings (SSSR count). The van der Waals surface area contributed by atoms with Gasteiger partial charge in [-0.15, -0.1) is 0 Å². The van der Waals surface area contributed by atoms with E-state index in [1.54, 1.807) is 0 Å². The van der Waals surface area contributed by atoms with Crippen molar-refractivity contribution in [3.63, 3.8) is 0 Å². The molecule has 2 heterocycles. The Balaban J connectivity index is 1.75. The molecule has 0 N–H and O–H groups in total. The number of hydrogen-bond acceptors (Lipinski definition) is 2. The summed E-state index contributed by atoms with van der Waals surface area (Å²) in [5.41, 5.74) is 5.14. The van der Waals surface area contributed by atoms with Gasteiger partial charge in [-0.1, -0.05) is 56.0 Å². The molecule has 1 saturated heterocycles. The van der Waals surface area contributed by atoms with Crippen LogP contribution < -0.4 is 5.46 Å². The summed E-state index contributed by atoms with van der Waals surface area (Å²) in [6.07, 6.45) is 6.82. The topological polar surface area (TPSA) is 23.4 Å². The second-order valence-electron chi connectivity index (χ2n) is 8.71. The van der Waals surface area contributed by atoms with Crippen molar-refractivity contribution in [1.29, 1.82) is 0 Å². The van der Waals surface area contributed by atoms with E-state index in [0.29, 0.717) is 0 Å². The van der Waals surface area contributed by atoms with Gasteiger partial charge in [-0.05, 0) is 69.4 Å². The van der Waals surface area contributed by atoms with E-state index in [1.165, 1.54) is 16.5 Å². The molecule has 1 aromatic heterocycles. The Bertz CT molecular complexity index is 1110. The van der Waals surface area contributed by atoms with E-state index in [4.69, 9.17) is 9.31 Å². The average Bonchev–Trinajstić information content (AvgIpc) is 3.17. The van der Waals surface area contributed by atoms with Crippen LogP contribution in [0.4, 0.5) is 0 Å². The molecule has 0 amide bonds. The Hall–Kier alpha value is -2.56. The molecular weight excluding hydrogens is 369 g/mol. The third-order valence-corrected chi connectivity index (χ3v) is 6.70. The van der Waals surface area contributed by atoms with Crippen LogP contribution in [0.1, 0.15) is 45.4 Å². The van der Waals surface area contributed by atoms with E-state index < -0.39 is 0 Å². The van der Waals surface area contributed by atoms with Crippen molar-refractivity contribution in [2.75, 3.05) is 0 Å². The normalized spacial score (nSPS) is 21.0. The fourth-order valence-electron chi connectivity index (χ4n) is 4.28. The summed E-state index contributed by atoms with van der Waals surface area (Å²) in [6.45, 7) is 14.5. The Morgan fingerprint density at radius 3 is 2.37 bits per heavy atom. The van der Waals surface area contributed by atoms with Crippen LogP contribution >= 0.6 is 0 Å². The lowest BCUT2D eigenvalue weighted by Gasteiger charge is -2.35. The van der Waals surface area contributed by atoms with Gasteiger partial charge in [-0.25, -0.2) is 0 Å². The molecule has 0 saturated carbocycles. The Morgan fingerprint density at radius 1 is 1.03 bits per heavy atom. The van der Waals surface area contributed by atoms with Crippen LogP contribution in [0.3, 0.4) is 0 Å². The van der Waals surface area contributed by atoms with Crippen molar-refractivity contribution < 1.29 is 9.31 Å². The third-order valence-electron chi connectivity index (χ3n) is 6.70. The van der Waals surface area contributed by atoms with Gasteiger partial charge in [0.25, 0.3) is 0 Å². The first-order valence-electron chi connectivity index (χ1n) is 10.7. The predicted molar refractivity (Wildman–Crippen MR) is 128 cm³/mol. The Labute approximate surface area is 180 Å². The molecule has 0 radical (unpaired) electrons. The SMILES string of the molecule is C=C/C=C\c1c(C)c2ccccc2n1-c1ccc(B2OC(C)(C)C(C)(CC)O2)cc1. The molecule has 3 nitrogen and oxygen atoms in total. The second-order valence-corrected chi connectivity index (χ2v) is 8.71. The van der Waals surface area contributed by atoms with Crippen LogP contribution in [0.2, 0.25) is 0 Å². The predicted octanol–water partition coefficient (Wildman–Crippen LogP) is 5.83. The number of benzene rings is 2. The molecule has 1 fully saturated rings.